The lowest BCUT2D eigenvalue weighted by Gasteiger charge is -2.09. The molecule has 1 aromatic carbocycles. The van der Waals surface area contributed by atoms with E-state index in [-0.39, 0.29) is 23.4 Å². The third-order valence-electron chi connectivity index (χ3n) is 2.80. The van der Waals surface area contributed by atoms with Crippen LogP contribution >= 0.6 is 15.9 Å². The molecule has 0 aliphatic heterocycles. The number of carbonyl (C=O) groups is 1. The largest absolute Gasteiger partial charge is 0.496 e. The van der Waals surface area contributed by atoms with Crippen molar-refractivity contribution >= 4 is 31.9 Å². The van der Waals surface area contributed by atoms with Gasteiger partial charge in [-0.3, -0.25) is 4.79 Å². The summed E-state index contributed by atoms with van der Waals surface area (Å²) >= 11 is 3.22. The first kappa shape index (κ1) is 15.3. The predicted molar refractivity (Wildman–Crippen MR) is 77.0 cm³/mol. The number of hydrogen-bond acceptors (Lipinski definition) is 4. The zero-order valence-electron chi connectivity index (χ0n) is 10.8. The van der Waals surface area contributed by atoms with E-state index in [0.717, 1.165) is 12.8 Å². The molecule has 1 saturated carbocycles. The highest BCUT2D eigenvalue weighted by atomic mass is 79.9. The number of halogens is 1. The summed E-state index contributed by atoms with van der Waals surface area (Å²) in [5.41, 5.74) is 0. The van der Waals surface area contributed by atoms with Crippen LogP contribution in [0.25, 0.3) is 0 Å². The van der Waals surface area contributed by atoms with E-state index in [1.54, 1.807) is 6.07 Å². The van der Waals surface area contributed by atoms with Crippen LogP contribution in [0.5, 0.6) is 5.75 Å². The zero-order chi connectivity index (χ0) is 14.8. The molecule has 0 aromatic heterocycles. The normalized spacial score (nSPS) is 14.9. The van der Waals surface area contributed by atoms with Gasteiger partial charge >= 0.3 is 0 Å². The molecule has 1 fully saturated rings. The van der Waals surface area contributed by atoms with E-state index in [4.69, 9.17) is 4.74 Å². The van der Waals surface area contributed by atoms with E-state index in [9.17, 15) is 13.2 Å². The maximum Gasteiger partial charge on any atom is 0.241 e. The smallest absolute Gasteiger partial charge is 0.241 e. The first-order chi connectivity index (χ1) is 9.42. The van der Waals surface area contributed by atoms with Crippen molar-refractivity contribution in [1.82, 2.24) is 10.0 Å². The number of nitrogens with one attached hydrogen (secondary N) is 2. The molecule has 0 spiro atoms. The maximum absolute atomic E-state index is 12.0. The summed E-state index contributed by atoms with van der Waals surface area (Å²) in [4.78, 5) is 11.5. The Morgan fingerprint density at radius 2 is 2.15 bits per heavy atom. The van der Waals surface area contributed by atoms with Crippen molar-refractivity contribution in [2.45, 2.75) is 23.8 Å². The van der Waals surface area contributed by atoms with Crippen LogP contribution in [0.15, 0.2) is 27.6 Å². The van der Waals surface area contributed by atoms with E-state index in [0.29, 0.717) is 10.2 Å². The van der Waals surface area contributed by atoms with Crippen molar-refractivity contribution < 1.29 is 17.9 Å². The number of hydrogen-bond donors (Lipinski definition) is 2. The molecular formula is C12H15BrN2O4S. The van der Waals surface area contributed by atoms with Gasteiger partial charge in [-0.2, -0.15) is 0 Å². The number of sulfonamides is 1. The molecule has 110 valence electrons. The number of carbonyl (C=O) groups excluding carboxylic acids is 1. The lowest BCUT2D eigenvalue weighted by Crippen LogP contribution is -2.37. The van der Waals surface area contributed by atoms with Gasteiger partial charge in [0, 0.05) is 6.04 Å². The Balaban J connectivity index is 2.01. The highest BCUT2D eigenvalue weighted by Crippen LogP contribution is 2.27. The Hall–Kier alpha value is -1.12. The molecule has 2 N–H and O–H groups in total. The van der Waals surface area contributed by atoms with Gasteiger partial charge < -0.3 is 10.1 Å². The highest BCUT2D eigenvalue weighted by molar-refractivity contribution is 9.10. The van der Waals surface area contributed by atoms with Crippen molar-refractivity contribution in [3.63, 3.8) is 0 Å². The third kappa shape index (κ3) is 3.94. The number of ether oxygens (including phenoxy) is 1. The molecule has 0 radical (unpaired) electrons. The minimum absolute atomic E-state index is 0.0735. The molecule has 20 heavy (non-hydrogen) atoms. The standard InChI is InChI=1S/C12H15BrN2O4S/c1-19-11-5-4-9(6-10(11)13)20(17,18)14-7-12(16)15-8-2-3-8/h4-6,8,14H,2-3,7H2,1H3,(H,15,16). The van der Waals surface area contributed by atoms with Crippen molar-refractivity contribution in [2.75, 3.05) is 13.7 Å². The summed E-state index contributed by atoms with van der Waals surface area (Å²) in [6, 6.07) is 4.61. The average Bonchev–Trinajstić information content (AvgIpc) is 3.20. The van der Waals surface area contributed by atoms with Crippen LogP contribution in [0.4, 0.5) is 0 Å². The van der Waals surface area contributed by atoms with Crippen LogP contribution in [0.3, 0.4) is 0 Å². The Morgan fingerprint density at radius 1 is 1.45 bits per heavy atom. The Labute approximate surface area is 126 Å². The van der Waals surface area contributed by atoms with Crippen LogP contribution in [-0.4, -0.2) is 34.0 Å². The minimum Gasteiger partial charge on any atom is -0.496 e. The van der Waals surface area contributed by atoms with Gasteiger partial charge in [0.1, 0.15) is 5.75 Å². The second-order valence-corrected chi connectivity index (χ2v) is 7.08. The molecule has 0 heterocycles. The van der Waals surface area contributed by atoms with Crippen molar-refractivity contribution in [3.8, 4) is 5.75 Å². The van der Waals surface area contributed by atoms with Crippen LogP contribution in [0, 0.1) is 0 Å². The second kappa shape index (κ2) is 6.11. The summed E-state index contributed by atoms with van der Waals surface area (Å²) in [5, 5.41) is 2.71. The summed E-state index contributed by atoms with van der Waals surface area (Å²) in [6.07, 6.45) is 1.92. The topological polar surface area (TPSA) is 84.5 Å². The molecule has 1 aliphatic carbocycles. The zero-order valence-corrected chi connectivity index (χ0v) is 13.3. The van der Waals surface area contributed by atoms with Crippen LogP contribution < -0.4 is 14.8 Å². The van der Waals surface area contributed by atoms with E-state index in [1.807, 2.05) is 0 Å². The second-order valence-electron chi connectivity index (χ2n) is 4.46. The van der Waals surface area contributed by atoms with E-state index in [1.165, 1.54) is 19.2 Å². The number of rotatable bonds is 6. The molecule has 0 saturated heterocycles. The maximum atomic E-state index is 12.0. The Morgan fingerprint density at radius 3 is 2.70 bits per heavy atom. The summed E-state index contributed by atoms with van der Waals surface area (Å²) in [6.45, 7) is -0.261. The van der Waals surface area contributed by atoms with Crippen LogP contribution in [0.2, 0.25) is 0 Å². The van der Waals surface area contributed by atoms with E-state index < -0.39 is 10.0 Å². The van der Waals surface area contributed by atoms with E-state index in [2.05, 4.69) is 26.0 Å². The summed E-state index contributed by atoms with van der Waals surface area (Å²) in [5.74, 6) is 0.221. The fourth-order valence-corrected chi connectivity index (χ4v) is 3.26. The van der Waals surface area contributed by atoms with Crippen molar-refractivity contribution in [1.29, 1.82) is 0 Å². The Bertz CT molecular complexity index is 614. The molecule has 0 atom stereocenters. The quantitative estimate of drug-likeness (QED) is 0.790. The monoisotopic (exact) mass is 362 g/mol. The fraction of sp³-hybridized carbons (Fsp3) is 0.417. The highest BCUT2D eigenvalue weighted by Gasteiger charge is 2.24. The molecule has 1 aromatic rings. The summed E-state index contributed by atoms with van der Waals surface area (Å²) in [7, 11) is -2.22. The van der Waals surface area contributed by atoms with Crippen LogP contribution in [-0.2, 0) is 14.8 Å². The first-order valence-corrected chi connectivity index (χ1v) is 8.32. The molecule has 0 bridgehead atoms. The van der Waals surface area contributed by atoms with Gasteiger partial charge in [0.2, 0.25) is 15.9 Å². The van der Waals surface area contributed by atoms with Gasteiger partial charge in [-0.1, -0.05) is 0 Å². The molecule has 8 heteroatoms. The molecule has 6 nitrogen and oxygen atoms in total. The molecule has 2 rings (SSSR count). The van der Waals surface area contributed by atoms with Crippen molar-refractivity contribution in [2.24, 2.45) is 0 Å². The SMILES string of the molecule is COc1ccc(S(=O)(=O)NCC(=O)NC2CC2)cc1Br. The minimum atomic E-state index is -3.71. The first-order valence-electron chi connectivity index (χ1n) is 6.05. The molecule has 0 unspecified atom stereocenters. The molecule has 1 aliphatic rings. The van der Waals surface area contributed by atoms with Crippen molar-refractivity contribution in [3.05, 3.63) is 22.7 Å². The van der Waals surface area contributed by atoms with Gasteiger partial charge in [0.05, 0.1) is 23.0 Å². The van der Waals surface area contributed by atoms with Gasteiger partial charge in [-0.25, -0.2) is 13.1 Å². The fourth-order valence-electron chi connectivity index (χ4n) is 1.56. The van der Waals surface area contributed by atoms with Gasteiger partial charge in [0.25, 0.3) is 0 Å². The Kier molecular flexibility index (Phi) is 4.66. The average molecular weight is 363 g/mol. The van der Waals surface area contributed by atoms with E-state index >= 15 is 0 Å². The lowest BCUT2D eigenvalue weighted by molar-refractivity contribution is -0.120. The van der Waals surface area contributed by atoms with Gasteiger partial charge in [-0.15, -0.1) is 0 Å². The van der Waals surface area contributed by atoms with Gasteiger partial charge in [-0.05, 0) is 47.0 Å². The predicted octanol–water partition coefficient (Wildman–Crippen LogP) is 1.01. The van der Waals surface area contributed by atoms with Crippen LogP contribution in [0.1, 0.15) is 12.8 Å². The number of methoxy groups -OCH3 is 1. The summed E-state index contributed by atoms with van der Waals surface area (Å²) < 4.78 is 31.9. The molecule has 1 amide bonds. The van der Waals surface area contributed by atoms with Gasteiger partial charge in [0.15, 0.2) is 0 Å². The number of benzene rings is 1. The third-order valence-corrected chi connectivity index (χ3v) is 4.82. The number of amides is 1. The molecular weight excluding hydrogens is 348 g/mol. The lowest BCUT2D eigenvalue weighted by atomic mass is 10.3.